The fourth-order valence-corrected chi connectivity index (χ4v) is 1.35. The van der Waals surface area contributed by atoms with Gasteiger partial charge in [-0.05, 0) is 19.1 Å². The molecule has 0 atom stereocenters. The molecule has 0 amide bonds. The molecule has 0 aromatic heterocycles. The number of hydrogen-bond donors (Lipinski definition) is 0. The molecule has 0 saturated carbocycles. The minimum atomic E-state index is -4.04. The van der Waals surface area contributed by atoms with Gasteiger partial charge in [-0.3, -0.25) is 0 Å². The lowest BCUT2D eigenvalue weighted by Gasteiger charge is -2.15. The summed E-state index contributed by atoms with van der Waals surface area (Å²) >= 11 is 0. The molecule has 1 aromatic carbocycles. The van der Waals surface area contributed by atoms with Gasteiger partial charge in [-0.25, -0.2) is 4.79 Å². The van der Waals surface area contributed by atoms with Crippen LogP contribution < -0.4 is 14.2 Å². The average Bonchev–Trinajstić information content (AvgIpc) is 2.76. The molecule has 1 aliphatic rings. The number of alkyl halides is 2. The van der Waals surface area contributed by atoms with Crippen molar-refractivity contribution in [2.75, 3.05) is 13.4 Å². The molecular weight excluding hydrogens is 250 g/mol. The van der Waals surface area contributed by atoms with Crippen molar-refractivity contribution >= 4 is 5.97 Å². The summed E-state index contributed by atoms with van der Waals surface area (Å²) in [5.74, 6) is -1.23. The van der Waals surface area contributed by atoms with E-state index < -0.39 is 12.1 Å². The summed E-state index contributed by atoms with van der Waals surface area (Å²) in [6.45, 7) is 1.29. The third-order valence-electron chi connectivity index (χ3n) is 2.10. The number of rotatable bonds is 4. The molecule has 1 aliphatic heterocycles. The maximum Gasteiger partial charge on any atom is 0.502 e. The Bertz CT molecular complexity index is 461. The van der Waals surface area contributed by atoms with Crippen LogP contribution in [0.3, 0.4) is 0 Å². The molecule has 0 N–H and O–H groups in total. The predicted octanol–water partition coefficient (Wildman–Crippen LogP) is 1.95. The smallest absolute Gasteiger partial charge is 0.459 e. The van der Waals surface area contributed by atoms with Gasteiger partial charge in [0.25, 0.3) is 0 Å². The van der Waals surface area contributed by atoms with Crippen molar-refractivity contribution < 1.29 is 32.5 Å². The van der Waals surface area contributed by atoms with Gasteiger partial charge in [0.2, 0.25) is 6.79 Å². The second-order valence-corrected chi connectivity index (χ2v) is 3.35. The summed E-state index contributed by atoms with van der Waals surface area (Å²) in [5.41, 5.74) is 0. The first-order chi connectivity index (χ1) is 8.53. The third kappa shape index (κ3) is 2.44. The van der Waals surface area contributed by atoms with Gasteiger partial charge in [-0.1, -0.05) is 0 Å². The fraction of sp³-hybridized carbons (Fsp3) is 0.364. The minimum Gasteiger partial charge on any atom is -0.459 e. The lowest BCUT2D eigenvalue weighted by Crippen LogP contribution is -2.36. The van der Waals surface area contributed by atoms with E-state index in [1.54, 1.807) is 0 Å². The van der Waals surface area contributed by atoms with E-state index in [2.05, 4.69) is 9.47 Å². The summed E-state index contributed by atoms with van der Waals surface area (Å²) in [7, 11) is 0. The number of esters is 1. The molecule has 0 aliphatic carbocycles. The number of benzene rings is 1. The average molecular weight is 260 g/mol. The zero-order valence-electron chi connectivity index (χ0n) is 9.44. The van der Waals surface area contributed by atoms with E-state index in [0.717, 1.165) is 0 Å². The van der Waals surface area contributed by atoms with Crippen LogP contribution in [0.2, 0.25) is 0 Å². The van der Waals surface area contributed by atoms with Crippen molar-refractivity contribution in [3.05, 3.63) is 18.2 Å². The number of fused-ring (bicyclic) bond motifs is 1. The molecule has 0 spiro atoms. The number of carbonyl (C=O) groups excluding carboxylic acids is 1. The van der Waals surface area contributed by atoms with Gasteiger partial charge in [0, 0.05) is 6.07 Å². The second-order valence-electron chi connectivity index (χ2n) is 3.35. The Balaban J connectivity index is 2.11. The van der Waals surface area contributed by atoms with Crippen LogP contribution in [0.15, 0.2) is 18.2 Å². The van der Waals surface area contributed by atoms with E-state index in [4.69, 9.17) is 9.47 Å². The first-order valence-electron chi connectivity index (χ1n) is 5.16. The van der Waals surface area contributed by atoms with Crippen molar-refractivity contribution in [3.8, 4) is 17.2 Å². The predicted molar refractivity (Wildman–Crippen MR) is 54.8 cm³/mol. The zero-order valence-corrected chi connectivity index (χ0v) is 9.44. The first kappa shape index (κ1) is 12.4. The van der Waals surface area contributed by atoms with Crippen molar-refractivity contribution in [2.45, 2.75) is 13.0 Å². The summed E-state index contributed by atoms with van der Waals surface area (Å²) in [6, 6.07) is 3.88. The van der Waals surface area contributed by atoms with Crippen LogP contribution in [0.4, 0.5) is 8.78 Å². The van der Waals surface area contributed by atoms with Gasteiger partial charge in [0.05, 0.1) is 6.61 Å². The Kier molecular flexibility index (Phi) is 3.22. The lowest BCUT2D eigenvalue weighted by molar-refractivity contribution is -0.216. The molecule has 0 saturated heterocycles. The number of ether oxygens (including phenoxy) is 4. The molecule has 5 nitrogen and oxygen atoms in total. The van der Waals surface area contributed by atoms with Gasteiger partial charge < -0.3 is 18.9 Å². The van der Waals surface area contributed by atoms with Crippen LogP contribution in [-0.4, -0.2) is 25.5 Å². The third-order valence-corrected chi connectivity index (χ3v) is 2.10. The van der Waals surface area contributed by atoms with Crippen LogP contribution in [0.5, 0.6) is 17.2 Å². The SMILES string of the molecule is CCOC(=O)C(F)(F)Oc1ccc2c(c1)OCO2. The van der Waals surface area contributed by atoms with E-state index in [9.17, 15) is 13.6 Å². The van der Waals surface area contributed by atoms with E-state index in [1.807, 2.05) is 0 Å². The van der Waals surface area contributed by atoms with Gasteiger partial charge in [-0.15, -0.1) is 0 Å². The molecular formula is C11H10F2O5. The van der Waals surface area contributed by atoms with Crippen LogP contribution in [-0.2, 0) is 9.53 Å². The monoisotopic (exact) mass is 260 g/mol. The minimum absolute atomic E-state index is 0.0209. The highest BCUT2D eigenvalue weighted by molar-refractivity contribution is 5.76. The van der Waals surface area contributed by atoms with E-state index in [0.29, 0.717) is 5.75 Å². The number of halogens is 2. The summed E-state index contributed by atoms with van der Waals surface area (Å²) in [5, 5.41) is 0. The quantitative estimate of drug-likeness (QED) is 0.774. The first-order valence-corrected chi connectivity index (χ1v) is 5.16. The van der Waals surface area contributed by atoms with Crippen molar-refractivity contribution in [2.24, 2.45) is 0 Å². The van der Waals surface area contributed by atoms with Crippen molar-refractivity contribution in [1.82, 2.24) is 0 Å². The topological polar surface area (TPSA) is 54.0 Å². The second kappa shape index (κ2) is 4.67. The van der Waals surface area contributed by atoms with Crippen LogP contribution in [0, 0.1) is 0 Å². The molecule has 0 fully saturated rings. The molecule has 1 aromatic rings. The Hall–Kier alpha value is -2.05. The Labute approximate surface area is 101 Å². The van der Waals surface area contributed by atoms with Gasteiger partial charge in [-0.2, -0.15) is 8.78 Å². The summed E-state index contributed by atoms with van der Waals surface area (Å²) in [6.07, 6.45) is -4.04. The van der Waals surface area contributed by atoms with Gasteiger partial charge in [0.15, 0.2) is 11.5 Å². The highest BCUT2D eigenvalue weighted by atomic mass is 19.3. The number of hydrogen-bond acceptors (Lipinski definition) is 5. The van der Waals surface area contributed by atoms with Crippen LogP contribution in [0.1, 0.15) is 6.92 Å². The van der Waals surface area contributed by atoms with Gasteiger partial charge in [0.1, 0.15) is 5.75 Å². The zero-order chi connectivity index (χ0) is 13.2. The number of carbonyl (C=O) groups is 1. The lowest BCUT2D eigenvalue weighted by atomic mass is 10.3. The molecule has 0 bridgehead atoms. The largest absolute Gasteiger partial charge is 0.502 e. The maximum atomic E-state index is 13.3. The van der Waals surface area contributed by atoms with Crippen LogP contribution in [0.25, 0.3) is 0 Å². The molecule has 1 heterocycles. The Morgan fingerprint density at radius 3 is 2.83 bits per heavy atom. The molecule has 18 heavy (non-hydrogen) atoms. The molecule has 0 unspecified atom stereocenters. The summed E-state index contributed by atoms with van der Waals surface area (Å²) < 4.78 is 45.1. The Morgan fingerprint density at radius 1 is 1.39 bits per heavy atom. The van der Waals surface area contributed by atoms with E-state index >= 15 is 0 Å². The normalized spacial score (nSPS) is 13.3. The highest BCUT2D eigenvalue weighted by Crippen LogP contribution is 2.36. The van der Waals surface area contributed by atoms with E-state index in [1.165, 1.54) is 25.1 Å². The molecule has 0 radical (unpaired) electrons. The summed E-state index contributed by atoms with van der Waals surface area (Å²) in [4.78, 5) is 10.9. The highest BCUT2D eigenvalue weighted by Gasteiger charge is 2.44. The standard InChI is InChI=1S/C11H10F2O5/c1-2-15-10(14)11(12,13)18-7-3-4-8-9(5-7)17-6-16-8/h3-5H,2,6H2,1H3. The maximum absolute atomic E-state index is 13.3. The van der Waals surface area contributed by atoms with E-state index in [-0.39, 0.29) is 24.9 Å². The molecule has 7 heteroatoms. The molecule has 98 valence electrons. The molecule has 2 rings (SSSR count). The van der Waals surface area contributed by atoms with Crippen molar-refractivity contribution in [1.29, 1.82) is 0 Å². The fourth-order valence-electron chi connectivity index (χ4n) is 1.35. The van der Waals surface area contributed by atoms with Crippen LogP contribution >= 0.6 is 0 Å². The van der Waals surface area contributed by atoms with Gasteiger partial charge >= 0.3 is 12.1 Å². The van der Waals surface area contributed by atoms with Crippen molar-refractivity contribution in [3.63, 3.8) is 0 Å². The Morgan fingerprint density at radius 2 is 2.11 bits per heavy atom.